The molecular weight excluding hydrogens is 364 g/mol. The van der Waals surface area contributed by atoms with Gasteiger partial charge in [0.15, 0.2) is 0 Å². The molecule has 2 aromatic rings. The van der Waals surface area contributed by atoms with Crippen LogP contribution < -0.4 is 4.90 Å². The Balaban J connectivity index is 1.85. The first-order chi connectivity index (χ1) is 13.1. The van der Waals surface area contributed by atoms with Crippen LogP contribution in [0.25, 0.3) is 5.57 Å². The second-order valence-electron chi connectivity index (χ2n) is 6.52. The Morgan fingerprint density at radius 2 is 1.63 bits per heavy atom. The molecule has 0 bridgehead atoms. The second kappa shape index (κ2) is 7.18. The third-order valence-corrected chi connectivity index (χ3v) is 5.34. The van der Waals surface area contributed by atoms with Gasteiger partial charge in [-0.2, -0.15) is 0 Å². The largest absolute Gasteiger partial charge is 0.378 e. The number of carbonyl (C=O) groups is 2. The summed E-state index contributed by atoms with van der Waals surface area (Å²) in [7, 11) is 0. The summed E-state index contributed by atoms with van der Waals surface area (Å²) in [6.07, 6.45) is 0. The fraction of sp³-hybridized carbons (Fsp3) is 0.238. The van der Waals surface area contributed by atoms with Crippen molar-refractivity contribution in [1.29, 1.82) is 0 Å². The lowest BCUT2D eigenvalue weighted by molar-refractivity contribution is -0.121. The summed E-state index contributed by atoms with van der Waals surface area (Å²) in [5.74, 6) is -0.635. The Morgan fingerprint density at radius 3 is 2.33 bits per heavy atom. The number of benzene rings is 2. The number of hydrogen-bond acceptors (Lipinski definition) is 4. The molecule has 0 radical (unpaired) electrons. The van der Waals surface area contributed by atoms with Crippen LogP contribution in [0.1, 0.15) is 11.1 Å². The van der Waals surface area contributed by atoms with Crippen LogP contribution in [0, 0.1) is 6.92 Å². The van der Waals surface area contributed by atoms with E-state index in [1.807, 2.05) is 42.2 Å². The second-order valence-corrected chi connectivity index (χ2v) is 6.93. The maximum Gasteiger partial charge on any atom is 0.282 e. The molecular formula is C21H19ClN2O3. The molecule has 1 fully saturated rings. The molecule has 2 amide bonds. The smallest absolute Gasteiger partial charge is 0.282 e. The minimum atomic E-state index is -0.321. The third kappa shape index (κ3) is 3.03. The van der Waals surface area contributed by atoms with Crippen LogP contribution in [0.15, 0.2) is 54.2 Å². The molecule has 0 saturated carbocycles. The highest BCUT2D eigenvalue weighted by Crippen LogP contribution is 2.37. The van der Waals surface area contributed by atoms with E-state index in [0.717, 1.165) is 5.56 Å². The molecule has 0 aromatic heterocycles. The molecule has 0 atom stereocenters. The first-order valence-corrected chi connectivity index (χ1v) is 9.23. The van der Waals surface area contributed by atoms with Crippen LogP contribution >= 0.6 is 11.6 Å². The lowest BCUT2D eigenvalue weighted by atomic mass is 10.0. The van der Waals surface area contributed by atoms with E-state index in [1.165, 1.54) is 4.90 Å². The van der Waals surface area contributed by atoms with E-state index in [9.17, 15) is 9.59 Å². The number of anilines is 1. The van der Waals surface area contributed by atoms with Gasteiger partial charge in [0.05, 0.1) is 24.5 Å². The monoisotopic (exact) mass is 382 g/mol. The van der Waals surface area contributed by atoms with Crippen molar-refractivity contribution >= 4 is 34.7 Å². The maximum absolute atomic E-state index is 13.4. The SMILES string of the molecule is Cc1c(Cl)cccc1N1C(=O)C(c2ccccc2)=C(N2CCOCC2)C1=O. The molecule has 0 N–H and O–H groups in total. The molecule has 4 rings (SSSR count). The normalized spacial score (nSPS) is 17.9. The van der Waals surface area contributed by atoms with E-state index in [4.69, 9.17) is 16.3 Å². The quantitative estimate of drug-likeness (QED) is 0.764. The molecule has 2 aromatic carbocycles. The molecule has 2 aliphatic rings. The van der Waals surface area contributed by atoms with Gasteiger partial charge in [-0.1, -0.05) is 48.0 Å². The maximum atomic E-state index is 13.4. The molecule has 1 saturated heterocycles. The Kier molecular flexibility index (Phi) is 4.72. The van der Waals surface area contributed by atoms with Crippen molar-refractivity contribution in [2.45, 2.75) is 6.92 Å². The first-order valence-electron chi connectivity index (χ1n) is 8.86. The summed E-state index contributed by atoms with van der Waals surface area (Å²) in [6.45, 7) is 4.03. The summed E-state index contributed by atoms with van der Waals surface area (Å²) in [5, 5.41) is 0.522. The van der Waals surface area contributed by atoms with E-state index in [-0.39, 0.29) is 11.8 Å². The number of halogens is 1. The highest BCUT2D eigenvalue weighted by molar-refractivity contribution is 6.46. The van der Waals surface area contributed by atoms with Crippen molar-refractivity contribution in [2.24, 2.45) is 0 Å². The minimum Gasteiger partial charge on any atom is -0.378 e. The van der Waals surface area contributed by atoms with Gasteiger partial charge < -0.3 is 9.64 Å². The summed E-state index contributed by atoms with van der Waals surface area (Å²) in [4.78, 5) is 30.0. The molecule has 0 spiro atoms. The summed E-state index contributed by atoms with van der Waals surface area (Å²) >= 11 is 6.24. The number of nitrogens with zero attached hydrogens (tertiary/aromatic N) is 2. The number of rotatable bonds is 3. The molecule has 0 aliphatic carbocycles. The summed E-state index contributed by atoms with van der Waals surface area (Å²) in [6, 6.07) is 14.6. The lowest BCUT2D eigenvalue weighted by Crippen LogP contribution is -2.40. The molecule has 2 heterocycles. The number of imide groups is 1. The predicted octanol–water partition coefficient (Wildman–Crippen LogP) is 3.27. The highest BCUT2D eigenvalue weighted by atomic mass is 35.5. The molecule has 2 aliphatic heterocycles. The number of amides is 2. The zero-order valence-corrected chi connectivity index (χ0v) is 15.7. The van der Waals surface area contributed by atoms with Gasteiger partial charge in [0.25, 0.3) is 11.8 Å². The van der Waals surface area contributed by atoms with Crippen molar-refractivity contribution in [3.05, 3.63) is 70.4 Å². The zero-order chi connectivity index (χ0) is 19.0. The molecule has 138 valence electrons. The molecule has 6 heteroatoms. The summed E-state index contributed by atoms with van der Waals surface area (Å²) < 4.78 is 5.42. The third-order valence-electron chi connectivity index (χ3n) is 4.93. The lowest BCUT2D eigenvalue weighted by Gasteiger charge is -2.29. The Bertz CT molecular complexity index is 934. The van der Waals surface area contributed by atoms with E-state index in [2.05, 4.69) is 0 Å². The summed E-state index contributed by atoms with van der Waals surface area (Å²) in [5.41, 5.74) is 2.83. The van der Waals surface area contributed by atoms with Gasteiger partial charge in [-0.05, 0) is 30.2 Å². The number of morpholine rings is 1. The van der Waals surface area contributed by atoms with Crippen molar-refractivity contribution in [3.8, 4) is 0 Å². The van der Waals surface area contributed by atoms with Crippen molar-refractivity contribution in [1.82, 2.24) is 4.90 Å². The van der Waals surface area contributed by atoms with Gasteiger partial charge in [0, 0.05) is 18.1 Å². The van der Waals surface area contributed by atoms with Crippen LogP contribution in [-0.4, -0.2) is 43.0 Å². The Hall–Kier alpha value is -2.63. The van der Waals surface area contributed by atoms with Crippen LogP contribution in [0.4, 0.5) is 5.69 Å². The fourth-order valence-corrected chi connectivity index (χ4v) is 3.69. The Labute approximate surface area is 162 Å². The number of ether oxygens (including phenoxy) is 1. The van der Waals surface area contributed by atoms with Crippen LogP contribution in [0.3, 0.4) is 0 Å². The van der Waals surface area contributed by atoms with E-state index in [1.54, 1.807) is 18.2 Å². The molecule has 27 heavy (non-hydrogen) atoms. The van der Waals surface area contributed by atoms with Gasteiger partial charge in [0.2, 0.25) is 0 Å². The van der Waals surface area contributed by atoms with Crippen molar-refractivity contribution in [2.75, 3.05) is 31.2 Å². The van der Waals surface area contributed by atoms with Gasteiger partial charge in [-0.15, -0.1) is 0 Å². The van der Waals surface area contributed by atoms with Crippen LogP contribution in [-0.2, 0) is 14.3 Å². The van der Waals surface area contributed by atoms with Gasteiger partial charge in [-0.25, -0.2) is 4.90 Å². The Morgan fingerprint density at radius 1 is 0.926 bits per heavy atom. The standard InChI is InChI=1S/C21H19ClN2O3/c1-14-16(22)8-5-9-17(14)24-20(25)18(15-6-3-2-4-7-15)19(21(24)26)23-10-12-27-13-11-23/h2-9H,10-13H2,1H3. The van der Waals surface area contributed by atoms with E-state index < -0.39 is 0 Å². The van der Waals surface area contributed by atoms with Gasteiger partial charge in [0.1, 0.15) is 5.70 Å². The van der Waals surface area contributed by atoms with Crippen LogP contribution in [0.2, 0.25) is 5.02 Å². The first kappa shape index (κ1) is 17.8. The minimum absolute atomic E-state index is 0.314. The topological polar surface area (TPSA) is 49.9 Å². The highest BCUT2D eigenvalue weighted by Gasteiger charge is 2.43. The average Bonchev–Trinajstić information content (AvgIpc) is 2.96. The van der Waals surface area contributed by atoms with Crippen LogP contribution in [0.5, 0.6) is 0 Å². The molecule has 0 unspecified atom stereocenters. The van der Waals surface area contributed by atoms with E-state index in [0.29, 0.717) is 53.8 Å². The zero-order valence-electron chi connectivity index (χ0n) is 14.9. The van der Waals surface area contributed by atoms with Crippen molar-refractivity contribution < 1.29 is 14.3 Å². The van der Waals surface area contributed by atoms with Gasteiger partial charge >= 0.3 is 0 Å². The molecule has 5 nitrogen and oxygen atoms in total. The fourth-order valence-electron chi connectivity index (χ4n) is 3.52. The van der Waals surface area contributed by atoms with E-state index >= 15 is 0 Å². The predicted molar refractivity (Wildman–Crippen MR) is 104 cm³/mol. The number of hydrogen-bond donors (Lipinski definition) is 0. The van der Waals surface area contributed by atoms with Crippen molar-refractivity contribution in [3.63, 3.8) is 0 Å². The number of carbonyl (C=O) groups excluding carboxylic acids is 2. The van der Waals surface area contributed by atoms with Gasteiger partial charge in [-0.3, -0.25) is 9.59 Å². The average molecular weight is 383 g/mol.